The van der Waals surface area contributed by atoms with E-state index in [1.54, 1.807) is 12.1 Å². The lowest BCUT2D eigenvalue weighted by Gasteiger charge is -2.06. The summed E-state index contributed by atoms with van der Waals surface area (Å²) in [5, 5.41) is 8.50. The van der Waals surface area contributed by atoms with Crippen LogP contribution in [-0.4, -0.2) is 30.8 Å². The highest BCUT2D eigenvalue weighted by molar-refractivity contribution is 7.89. The molecule has 3 aromatic rings. The predicted molar refractivity (Wildman–Crippen MR) is 113 cm³/mol. The van der Waals surface area contributed by atoms with Gasteiger partial charge in [-0.2, -0.15) is 0 Å². The summed E-state index contributed by atoms with van der Waals surface area (Å²) in [6.45, 7) is 4.28. The summed E-state index contributed by atoms with van der Waals surface area (Å²) in [4.78, 5) is 33.4. The maximum Gasteiger partial charge on any atom is 0.259 e. The standard InChI is InChI=1S/C19H22N4O4S2/c1-11-12(2)28-19-17(11)18(25)22-15(23-19)7-8-16(24)21-10-9-13-3-5-14(6-4-13)29(20,26)27/h3-6H,7-10H2,1-2H3,(H,21,24)(H2,20,26,27)(H,22,23,25). The fraction of sp³-hybridized carbons (Fsp3) is 0.316. The number of hydrogen-bond acceptors (Lipinski definition) is 6. The fourth-order valence-corrected chi connectivity index (χ4v) is 4.49. The van der Waals surface area contributed by atoms with E-state index in [2.05, 4.69) is 15.3 Å². The lowest BCUT2D eigenvalue weighted by molar-refractivity contribution is -0.121. The molecule has 4 N–H and O–H groups in total. The number of carbonyl (C=O) groups excluding carboxylic acids is 1. The van der Waals surface area contributed by atoms with Gasteiger partial charge < -0.3 is 10.3 Å². The molecule has 29 heavy (non-hydrogen) atoms. The average Bonchev–Trinajstić information content (AvgIpc) is 2.94. The fourth-order valence-electron chi connectivity index (χ4n) is 2.93. The van der Waals surface area contributed by atoms with Crippen LogP contribution in [0.1, 0.15) is 28.2 Å². The van der Waals surface area contributed by atoms with Crippen molar-refractivity contribution in [1.82, 2.24) is 15.3 Å². The Morgan fingerprint density at radius 1 is 1.21 bits per heavy atom. The zero-order valence-corrected chi connectivity index (χ0v) is 17.7. The van der Waals surface area contributed by atoms with Crippen molar-refractivity contribution in [2.45, 2.75) is 38.0 Å². The van der Waals surface area contributed by atoms with Gasteiger partial charge >= 0.3 is 0 Å². The van der Waals surface area contributed by atoms with E-state index in [-0.39, 0.29) is 22.8 Å². The average molecular weight is 435 g/mol. The lowest BCUT2D eigenvalue weighted by Crippen LogP contribution is -2.26. The number of fused-ring (bicyclic) bond motifs is 1. The molecule has 0 aliphatic rings. The second kappa shape index (κ2) is 8.44. The molecule has 0 radical (unpaired) electrons. The van der Waals surface area contributed by atoms with E-state index in [1.165, 1.54) is 23.5 Å². The first-order valence-corrected chi connectivity index (χ1v) is 11.4. The van der Waals surface area contributed by atoms with Gasteiger partial charge in [-0.1, -0.05) is 12.1 Å². The van der Waals surface area contributed by atoms with E-state index >= 15 is 0 Å². The second-order valence-corrected chi connectivity index (χ2v) is 9.53. The molecule has 0 spiro atoms. The molecule has 1 aromatic carbocycles. The number of aromatic amines is 1. The Morgan fingerprint density at radius 3 is 2.55 bits per heavy atom. The predicted octanol–water partition coefficient (Wildman–Crippen LogP) is 1.54. The zero-order valence-electron chi connectivity index (χ0n) is 16.1. The van der Waals surface area contributed by atoms with Gasteiger partial charge in [-0.25, -0.2) is 18.5 Å². The Morgan fingerprint density at radius 2 is 1.90 bits per heavy atom. The number of H-pyrrole nitrogens is 1. The molecule has 0 saturated heterocycles. The minimum atomic E-state index is -3.71. The van der Waals surface area contributed by atoms with E-state index in [4.69, 9.17) is 5.14 Å². The van der Waals surface area contributed by atoms with Crippen molar-refractivity contribution in [3.63, 3.8) is 0 Å². The van der Waals surface area contributed by atoms with Gasteiger partial charge in [0.2, 0.25) is 15.9 Å². The summed E-state index contributed by atoms with van der Waals surface area (Å²) >= 11 is 1.48. The van der Waals surface area contributed by atoms with Crippen LogP contribution in [0.4, 0.5) is 0 Å². The van der Waals surface area contributed by atoms with E-state index in [1.807, 2.05) is 13.8 Å². The van der Waals surface area contributed by atoms with Gasteiger partial charge in [0.1, 0.15) is 10.7 Å². The van der Waals surface area contributed by atoms with Crippen molar-refractivity contribution in [2.75, 3.05) is 6.54 Å². The van der Waals surface area contributed by atoms with E-state index < -0.39 is 10.0 Å². The number of nitrogens with two attached hydrogens (primary N) is 1. The lowest BCUT2D eigenvalue weighted by atomic mass is 10.1. The molecular formula is C19H22N4O4S2. The molecule has 1 amide bonds. The first kappa shape index (κ1) is 21.2. The van der Waals surface area contributed by atoms with Crippen LogP contribution < -0.4 is 16.0 Å². The van der Waals surface area contributed by atoms with Gasteiger partial charge in [-0.15, -0.1) is 11.3 Å². The number of nitrogens with zero attached hydrogens (tertiary/aromatic N) is 1. The summed E-state index contributed by atoms with van der Waals surface area (Å²) in [7, 11) is -3.71. The maximum absolute atomic E-state index is 12.3. The largest absolute Gasteiger partial charge is 0.356 e. The molecule has 2 aromatic heterocycles. The molecule has 0 aliphatic carbocycles. The summed E-state index contributed by atoms with van der Waals surface area (Å²) in [6.07, 6.45) is 1.11. The molecule has 0 saturated carbocycles. The number of aryl methyl sites for hydroxylation is 3. The van der Waals surface area contributed by atoms with Crippen molar-refractivity contribution in [2.24, 2.45) is 5.14 Å². The van der Waals surface area contributed by atoms with Crippen LogP contribution in [0.3, 0.4) is 0 Å². The number of sulfonamides is 1. The second-order valence-electron chi connectivity index (χ2n) is 6.76. The Labute approximate surface area is 172 Å². The van der Waals surface area contributed by atoms with Crippen LogP contribution in [0, 0.1) is 13.8 Å². The van der Waals surface area contributed by atoms with Crippen molar-refractivity contribution in [3.8, 4) is 0 Å². The monoisotopic (exact) mass is 434 g/mol. The quantitative estimate of drug-likeness (QED) is 0.518. The van der Waals surface area contributed by atoms with Crippen LogP contribution in [0.25, 0.3) is 10.2 Å². The van der Waals surface area contributed by atoms with Crippen LogP contribution in [0.5, 0.6) is 0 Å². The molecule has 0 unspecified atom stereocenters. The summed E-state index contributed by atoms with van der Waals surface area (Å²) in [6, 6.07) is 6.22. The van der Waals surface area contributed by atoms with Crippen molar-refractivity contribution >= 4 is 37.5 Å². The highest BCUT2D eigenvalue weighted by atomic mass is 32.2. The molecule has 0 fully saturated rings. The smallest absolute Gasteiger partial charge is 0.259 e. The number of thiophene rings is 1. The van der Waals surface area contributed by atoms with Crippen molar-refractivity contribution in [3.05, 3.63) is 56.4 Å². The van der Waals surface area contributed by atoms with Gasteiger partial charge in [-0.05, 0) is 43.5 Å². The maximum atomic E-state index is 12.3. The zero-order chi connectivity index (χ0) is 21.2. The molecule has 2 heterocycles. The number of benzene rings is 1. The molecule has 8 nitrogen and oxygen atoms in total. The van der Waals surface area contributed by atoms with E-state index in [9.17, 15) is 18.0 Å². The number of carbonyl (C=O) groups is 1. The Bertz CT molecular complexity index is 1210. The number of amides is 1. The Balaban J connectivity index is 1.51. The third-order valence-corrected chi connectivity index (χ3v) is 6.70. The Hall–Kier alpha value is -2.56. The SMILES string of the molecule is Cc1sc2nc(CCC(=O)NCCc3ccc(S(N)(=O)=O)cc3)[nH]c(=O)c2c1C. The highest BCUT2D eigenvalue weighted by Gasteiger charge is 2.12. The van der Waals surface area contributed by atoms with Crippen LogP contribution in [0.15, 0.2) is 34.0 Å². The summed E-state index contributed by atoms with van der Waals surface area (Å²) < 4.78 is 22.5. The number of rotatable bonds is 7. The van der Waals surface area contributed by atoms with Crippen molar-refractivity contribution in [1.29, 1.82) is 0 Å². The van der Waals surface area contributed by atoms with Crippen LogP contribution in [-0.2, 0) is 27.7 Å². The van der Waals surface area contributed by atoms with Crippen LogP contribution in [0.2, 0.25) is 0 Å². The van der Waals surface area contributed by atoms with Gasteiger partial charge in [0.25, 0.3) is 5.56 Å². The number of nitrogens with one attached hydrogen (secondary N) is 2. The summed E-state index contributed by atoms with van der Waals surface area (Å²) in [5.41, 5.74) is 1.66. The Kier molecular flexibility index (Phi) is 6.15. The molecule has 10 heteroatoms. The van der Waals surface area contributed by atoms with Gasteiger partial charge in [0.15, 0.2) is 0 Å². The van der Waals surface area contributed by atoms with Crippen LogP contribution >= 0.6 is 11.3 Å². The third-order valence-electron chi connectivity index (χ3n) is 4.66. The van der Waals surface area contributed by atoms with E-state index in [0.717, 1.165) is 16.0 Å². The molecular weight excluding hydrogens is 412 g/mol. The number of hydrogen-bond donors (Lipinski definition) is 3. The third kappa shape index (κ3) is 5.08. The van der Waals surface area contributed by atoms with E-state index in [0.29, 0.717) is 35.4 Å². The van der Waals surface area contributed by atoms with Gasteiger partial charge in [-0.3, -0.25) is 9.59 Å². The molecule has 0 bridgehead atoms. The molecule has 3 rings (SSSR count). The highest BCUT2D eigenvalue weighted by Crippen LogP contribution is 2.25. The summed E-state index contributed by atoms with van der Waals surface area (Å²) in [5.74, 6) is 0.352. The topological polar surface area (TPSA) is 135 Å². The molecule has 154 valence electrons. The number of primary sulfonamides is 1. The minimum Gasteiger partial charge on any atom is -0.356 e. The van der Waals surface area contributed by atoms with Gasteiger partial charge in [0, 0.05) is 24.3 Å². The molecule has 0 aliphatic heterocycles. The number of aromatic nitrogens is 2. The normalized spacial score (nSPS) is 11.7. The molecule has 0 atom stereocenters. The van der Waals surface area contributed by atoms with Crippen molar-refractivity contribution < 1.29 is 13.2 Å². The first-order valence-electron chi connectivity index (χ1n) is 9.02. The van der Waals surface area contributed by atoms with Gasteiger partial charge in [0.05, 0.1) is 10.3 Å². The minimum absolute atomic E-state index is 0.0554. The first-order chi connectivity index (χ1) is 13.6.